The molecule has 2 heterocycles. The molecule has 2 amide bonds. The number of carbonyl (C=O) groups is 2. The minimum Gasteiger partial charge on any atom is -0.496 e. The fourth-order valence-corrected chi connectivity index (χ4v) is 4.05. The molecule has 0 saturated carbocycles. The van der Waals surface area contributed by atoms with Crippen LogP contribution in [0.15, 0.2) is 54.2 Å². The number of imide groups is 1. The average molecular weight is 421 g/mol. The Labute approximate surface area is 182 Å². The smallest absolute Gasteiger partial charge is 0.282 e. The van der Waals surface area contributed by atoms with Gasteiger partial charge in [0, 0.05) is 37.8 Å². The molecule has 0 bridgehead atoms. The number of piperazine rings is 1. The van der Waals surface area contributed by atoms with E-state index in [0.717, 1.165) is 13.1 Å². The molecule has 4 rings (SSSR count). The summed E-state index contributed by atoms with van der Waals surface area (Å²) in [6, 6.07) is 14.4. The Morgan fingerprint density at radius 1 is 0.935 bits per heavy atom. The molecule has 0 aliphatic carbocycles. The van der Waals surface area contributed by atoms with Gasteiger partial charge in [0.2, 0.25) is 0 Å². The lowest BCUT2D eigenvalue weighted by Crippen LogP contribution is -2.46. The number of nitrogens with zero attached hydrogens (tertiary/aromatic N) is 3. The molecule has 7 nitrogen and oxygen atoms in total. The number of hydrogen-bond donors (Lipinski definition) is 0. The van der Waals surface area contributed by atoms with Gasteiger partial charge >= 0.3 is 0 Å². The Balaban J connectivity index is 1.82. The van der Waals surface area contributed by atoms with Crippen molar-refractivity contribution < 1.29 is 19.1 Å². The zero-order valence-electron chi connectivity index (χ0n) is 18.1. The summed E-state index contributed by atoms with van der Waals surface area (Å²) in [7, 11) is 3.62. The molecule has 2 aromatic rings. The standard InChI is InChI=1S/C24H27N3O4/c1-4-31-18-9-7-8-17(16-18)27-23(28)21(19-10-5-6-11-20(19)30-3)22(24(27)29)26-14-12-25(2)13-15-26/h5-11,16H,4,12-15H2,1-3H3. The van der Waals surface area contributed by atoms with E-state index in [1.54, 1.807) is 31.4 Å². The number of hydrogen-bond acceptors (Lipinski definition) is 6. The third kappa shape index (κ3) is 3.88. The van der Waals surface area contributed by atoms with Crippen molar-refractivity contribution in [3.05, 3.63) is 59.8 Å². The lowest BCUT2D eigenvalue weighted by molar-refractivity contribution is -0.120. The van der Waals surface area contributed by atoms with E-state index in [9.17, 15) is 9.59 Å². The summed E-state index contributed by atoms with van der Waals surface area (Å²) >= 11 is 0. The van der Waals surface area contributed by atoms with E-state index in [2.05, 4.69) is 11.9 Å². The highest BCUT2D eigenvalue weighted by atomic mass is 16.5. The summed E-state index contributed by atoms with van der Waals surface area (Å²) in [4.78, 5) is 32.8. The Kier molecular flexibility index (Phi) is 5.95. The van der Waals surface area contributed by atoms with Crippen molar-refractivity contribution >= 4 is 23.1 Å². The van der Waals surface area contributed by atoms with Crippen LogP contribution < -0.4 is 14.4 Å². The molecular weight excluding hydrogens is 394 g/mol. The number of benzene rings is 2. The van der Waals surface area contributed by atoms with Gasteiger partial charge in [-0.15, -0.1) is 0 Å². The van der Waals surface area contributed by atoms with E-state index >= 15 is 0 Å². The van der Waals surface area contributed by atoms with Crippen LogP contribution in [-0.4, -0.2) is 68.6 Å². The van der Waals surface area contributed by atoms with Crippen molar-refractivity contribution in [3.63, 3.8) is 0 Å². The number of anilines is 1. The van der Waals surface area contributed by atoms with Crippen molar-refractivity contribution in [2.75, 3.05) is 51.8 Å². The second kappa shape index (κ2) is 8.81. The van der Waals surface area contributed by atoms with Gasteiger partial charge in [-0.3, -0.25) is 9.59 Å². The minimum atomic E-state index is -0.350. The van der Waals surface area contributed by atoms with Crippen LogP contribution in [-0.2, 0) is 9.59 Å². The van der Waals surface area contributed by atoms with Gasteiger partial charge in [0.25, 0.3) is 11.8 Å². The second-order valence-electron chi connectivity index (χ2n) is 7.59. The van der Waals surface area contributed by atoms with Crippen LogP contribution in [0.25, 0.3) is 5.57 Å². The first kappa shape index (κ1) is 20.9. The van der Waals surface area contributed by atoms with Gasteiger partial charge in [0.05, 0.1) is 25.0 Å². The Hall–Kier alpha value is -3.32. The summed E-state index contributed by atoms with van der Waals surface area (Å²) in [6.45, 7) is 5.40. The lowest BCUT2D eigenvalue weighted by atomic mass is 10.0. The van der Waals surface area contributed by atoms with Crippen LogP contribution in [0.5, 0.6) is 11.5 Å². The normalized spacial score (nSPS) is 17.5. The SMILES string of the molecule is CCOc1cccc(N2C(=O)C(c3ccccc3OC)=C(N3CCN(C)CC3)C2=O)c1. The largest absolute Gasteiger partial charge is 0.496 e. The highest BCUT2D eigenvalue weighted by molar-refractivity contribution is 6.45. The first-order valence-electron chi connectivity index (χ1n) is 10.5. The van der Waals surface area contributed by atoms with Crippen molar-refractivity contribution in [3.8, 4) is 11.5 Å². The predicted molar refractivity (Wildman–Crippen MR) is 119 cm³/mol. The first-order chi connectivity index (χ1) is 15.0. The quantitative estimate of drug-likeness (QED) is 0.669. The molecule has 0 N–H and O–H groups in total. The van der Waals surface area contributed by atoms with Gasteiger partial charge in [-0.05, 0) is 32.2 Å². The van der Waals surface area contributed by atoms with Crippen LogP contribution in [0.2, 0.25) is 0 Å². The molecule has 1 saturated heterocycles. The van der Waals surface area contributed by atoms with Crippen LogP contribution in [0.1, 0.15) is 12.5 Å². The molecule has 7 heteroatoms. The van der Waals surface area contributed by atoms with E-state index in [1.807, 2.05) is 36.1 Å². The van der Waals surface area contributed by atoms with Crippen molar-refractivity contribution in [2.45, 2.75) is 6.92 Å². The van der Waals surface area contributed by atoms with Crippen LogP contribution in [0.3, 0.4) is 0 Å². The zero-order chi connectivity index (χ0) is 22.0. The molecule has 0 atom stereocenters. The Morgan fingerprint density at radius 3 is 2.39 bits per heavy atom. The molecular formula is C24H27N3O4. The fourth-order valence-electron chi connectivity index (χ4n) is 4.05. The summed E-state index contributed by atoms with van der Waals surface area (Å²) in [5.41, 5.74) is 1.94. The van der Waals surface area contributed by atoms with E-state index in [4.69, 9.17) is 9.47 Å². The molecule has 2 aromatic carbocycles. The molecule has 0 aromatic heterocycles. The van der Waals surface area contributed by atoms with Gasteiger partial charge in [0.1, 0.15) is 17.2 Å². The van der Waals surface area contributed by atoms with Crippen molar-refractivity contribution in [1.29, 1.82) is 0 Å². The van der Waals surface area contributed by atoms with E-state index in [-0.39, 0.29) is 11.8 Å². The number of rotatable bonds is 6. The number of amides is 2. The molecule has 0 radical (unpaired) electrons. The van der Waals surface area contributed by atoms with E-state index < -0.39 is 0 Å². The van der Waals surface area contributed by atoms with Crippen LogP contribution in [0.4, 0.5) is 5.69 Å². The zero-order valence-corrected chi connectivity index (χ0v) is 18.1. The van der Waals surface area contributed by atoms with E-state index in [0.29, 0.717) is 53.7 Å². The maximum atomic E-state index is 13.7. The highest BCUT2D eigenvalue weighted by Crippen LogP contribution is 2.39. The van der Waals surface area contributed by atoms with E-state index in [1.165, 1.54) is 4.90 Å². The predicted octanol–water partition coefficient (Wildman–Crippen LogP) is 2.63. The summed E-state index contributed by atoms with van der Waals surface area (Å²) < 4.78 is 11.1. The third-order valence-corrected chi connectivity index (χ3v) is 5.64. The van der Waals surface area contributed by atoms with Gasteiger partial charge in [-0.2, -0.15) is 0 Å². The first-order valence-corrected chi connectivity index (χ1v) is 10.5. The average Bonchev–Trinajstić information content (AvgIpc) is 3.04. The molecule has 0 unspecified atom stereocenters. The maximum Gasteiger partial charge on any atom is 0.282 e. The second-order valence-corrected chi connectivity index (χ2v) is 7.59. The lowest BCUT2D eigenvalue weighted by Gasteiger charge is -2.34. The third-order valence-electron chi connectivity index (χ3n) is 5.64. The molecule has 31 heavy (non-hydrogen) atoms. The van der Waals surface area contributed by atoms with Crippen LogP contribution >= 0.6 is 0 Å². The summed E-state index contributed by atoms with van der Waals surface area (Å²) in [6.07, 6.45) is 0. The topological polar surface area (TPSA) is 62.3 Å². The molecule has 162 valence electrons. The minimum absolute atomic E-state index is 0.316. The van der Waals surface area contributed by atoms with Gasteiger partial charge in [-0.25, -0.2) is 4.90 Å². The van der Waals surface area contributed by atoms with Gasteiger partial charge in [0.15, 0.2) is 0 Å². The Morgan fingerprint density at radius 2 is 1.68 bits per heavy atom. The summed E-state index contributed by atoms with van der Waals surface area (Å²) in [5, 5.41) is 0. The van der Waals surface area contributed by atoms with Crippen molar-refractivity contribution in [1.82, 2.24) is 9.80 Å². The monoisotopic (exact) mass is 421 g/mol. The summed E-state index contributed by atoms with van der Waals surface area (Å²) in [5.74, 6) is 0.517. The number of para-hydroxylation sites is 1. The number of ether oxygens (including phenoxy) is 2. The molecule has 2 aliphatic heterocycles. The fraction of sp³-hybridized carbons (Fsp3) is 0.333. The van der Waals surface area contributed by atoms with Gasteiger partial charge < -0.3 is 19.3 Å². The molecule has 0 spiro atoms. The van der Waals surface area contributed by atoms with Crippen molar-refractivity contribution in [2.24, 2.45) is 0 Å². The number of methoxy groups -OCH3 is 1. The van der Waals surface area contributed by atoms with Crippen LogP contribution in [0, 0.1) is 0 Å². The highest BCUT2D eigenvalue weighted by Gasteiger charge is 2.43. The molecule has 1 fully saturated rings. The Bertz CT molecular complexity index is 1020. The number of carbonyl (C=O) groups excluding carboxylic acids is 2. The number of likely N-dealkylation sites (N-methyl/N-ethyl adjacent to an activating group) is 1. The molecule has 2 aliphatic rings. The van der Waals surface area contributed by atoms with Gasteiger partial charge in [-0.1, -0.05) is 24.3 Å². The maximum absolute atomic E-state index is 13.7.